The molecule has 5 nitrogen and oxygen atoms in total. The molecule has 1 aromatic heterocycles. The molecule has 1 aliphatic rings. The Hall–Kier alpha value is -1.78. The maximum atomic E-state index is 11.2. The van der Waals surface area contributed by atoms with E-state index in [2.05, 4.69) is 15.0 Å². The molecular formula is C11H15N3O2. The molecule has 1 heterocycles. The van der Waals surface area contributed by atoms with Gasteiger partial charge >= 0.3 is 5.97 Å². The summed E-state index contributed by atoms with van der Waals surface area (Å²) in [4.78, 5) is 15.4. The van der Waals surface area contributed by atoms with Crippen molar-refractivity contribution in [3.63, 3.8) is 0 Å². The van der Waals surface area contributed by atoms with Gasteiger partial charge in [0.1, 0.15) is 5.82 Å². The van der Waals surface area contributed by atoms with Crippen LogP contribution in [-0.2, 0) is 4.74 Å². The fourth-order valence-electron chi connectivity index (χ4n) is 1.58. The molecule has 0 saturated heterocycles. The molecule has 1 saturated carbocycles. The first-order valence-electron chi connectivity index (χ1n) is 5.31. The number of hydrogen-bond donors (Lipinski definition) is 2. The number of nitrogens with one attached hydrogen (secondary N) is 1. The zero-order chi connectivity index (χ0) is 11.5. The van der Waals surface area contributed by atoms with Crippen molar-refractivity contribution in [1.82, 2.24) is 4.98 Å². The van der Waals surface area contributed by atoms with Crippen LogP contribution in [0.1, 0.15) is 29.6 Å². The van der Waals surface area contributed by atoms with Crippen molar-refractivity contribution in [2.45, 2.75) is 25.3 Å². The standard InChI is InChI=1S/C11H15N3O2/c1-16-11(15)7-5-9(12)10(13-6-7)14-8-3-2-4-8/h5-6,8H,2-4,12H2,1H3,(H,13,14). The summed E-state index contributed by atoms with van der Waals surface area (Å²) in [5.41, 5.74) is 6.66. The van der Waals surface area contributed by atoms with E-state index < -0.39 is 5.97 Å². The lowest BCUT2D eigenvalue weighted by Gasteiger charge is -2.27. The van der Waals surface area contributed by atoms with Gasteiger partial charge in [-0.05, 0) is 25.3 Å². The molecule has 1 aliphatic carbocycles. The van der Waals surface area contributed by atoms with E-state index in [1.165, 1.54) is 19.7 Å². The lowest BCUT2D eigenvalue weighted by Crippen LogP contribution is -2.28. The molecule has 0 amide bonds. The second kappa shape index (κ2) is 4.38. The molecule has 0 radical (unpaired) electrons. The number of ether oxygens (including phenoxy) is 1. The highest BCUT2D eigenvalue weighted by Gasteiger charge is 2.18. The highest BCUT2D eigenvalue weighted by molar-refractivity contribution is 5.90. The number of nitrogens with zero attached hydrogens (tertiary/aromatic N) is 1. The van der Waals surface area contributed by atoms with Gasteiger partial charge in [-0.15, -0.1) is 0 Å². The summed E-state index contributed by atoms with van der Waals surface area (Å²) < 4.78 is 4.59. The van der Waals surface area contributed by atoms with Gasteiger partial charge in [0, 0.05) is 12.2 Å². The number of hydrogen-bond acceptors (Lipinski definition) is 5. The largest absolute Gasteiger partial charge is 0.465 e. The average Bonchev–Trinajstić information content (AvgIpc) is 2.23. The first kappa shape index (κ1) is 10.7. The van der Waals surface area contributed by atoms with Crippen molar-refractivity contribution >= 4 is 17.5 Å². The molecule has 86 valence electrons. The van der Waals surface area contributed by atoms with E-state index in [0.717, 1.165) is 12.8 Å². The summed E-state index contributed by atoms with van der Waals surface area (Å²) in [5, 5.41) is 3.24. The molecule has 1 aromatic rings. The molecule has 1 fully saturated rings. The Balaban J connectivity index is 2.12. The zero-order valence-electron chi connectivity index (χ0n) is 9.19. The minimum Gasteiger partial charge on any atom is -0.465 e. The van der Waals surface area contributed by atoms with Crippen molar-refractivity contribution in [1.29, 1.82) is 0 Å². The predicted molar refractivity (Wildman–Crippen MR) is 61.3 cm³/mol. The Labute approximate surface area is 94.0 Å². The van der Waals surface area contributed by atoms with Crippen LogP contribution in [0.4, 0.5) is 11.5 Å². The van der Waals surface area contributed by atoms with Gasteiger partial charge in [-0.3, -0.25) is 0 Å². The molecule has 2 rings (SSSR count). The van der Waals surface area contributed by atoms with Crippen LogP contribution in [0.3, 0.4) is 0 Å². The third-order valence-corrected chi connectivity index (χ3v) is 2.78. The van der Waals surface area contributed by atoms with Crippen molar-refractivity contribution in [3.8, 4) is 0 Å². The summed E-state index contributed by atoms with van der Waals surface area (Å²) >= 11 is 0. The number of rotatable bonds is 3. The number of carbonyl (C=O) groups excluding carboxylic acids is 1. The third-order valence-electron chi connectivity index (χ3n) is 2.78. The molecule has 0 bridgehead atoms. The molecular weight excluding hydrogens is 206 g/mol. The van der Waals surface area contributed by atoms with Gasteiger partial charge in [-0.2, -0.15) is 0 Å². The summed E-state index contributed by atoms with van der Waals surface area (Å²) in [5.74, 6) is 0.228. The van der Waals surface area contributed by atoms with Crippen LogP contribution >= 0.6 is 0 Å². The second-order valence-electron chi connectivity index (χ2n) is 3.93. The Morgan fingerprint density at radius 3 is 2.88 bits per heavy atom. The van der Waals surface area contributed by atoms with E-state index in [1.807, 2.05) is 0 Å². The maximum absolute atomic E-state index is 11.2. The predicted octanol–water partition coefficient (Wildman–Crippen LogP) is 1.41. The Kier molecular flexibility index (Phi) is 2.94. The van der Waals surface area contributed by atoms with E-state index in [0.29, 0.717) is 23.1 Å². The maximum Gasteiger partial charge on any atom is 0.339 e. The quantitative estimate of drug-likeness (QED) is 0.755. The fraction of sp³-hybridized carbons (Fsp3) is 0.455. The molecule has 0 atom stereocenters. The van der Waals surface area contributed by atoms with Gasteiger partial charge in [0.15, 0.2) is 0 Å². The molecule has 5 heteroatoms. The fourth-order valence-corrected chi connectivity index (χ4v) is 1.58. The van der Waals surface area contributed by atoms with Crippen molar-refractivity contribution in [2.24, 2.45) is 0 Å². The number of carbonyl (C=O) groups is 1. The van der Waals surface area contributed by atoms with Gasteiger partial charge in [0.25, 0.3) is 0 Å². The Morgan fingerprint density at radius 2 is 2.38 bits per heavy atom. The Morgan fingerprint density at radius 1 is 1.62 bits per heavy atom. The smallest absolute Gasteiger partial charge is 0.339 e. The lowest BCUT2D eigenvalue weighted by molar-refractivity contribution is 0.0600. The molecule has 16 heavy (non-hydrogen) atoms. The molecule has 0 aromatic carbocycles. The number of pyridine rings is 1. The van der Waals surface area contributed by atoms with E-state index in [4.69, 9.17) is 5.73 Å². The molecule has 0 aliphatic heterocycles. The van der Waals surface area contributed by atoms with Gasteiger partial charge in [-0.25, -0.2) is 9.78 Å². The normalized spacial score (nSPS) is 15.3. The monoisotopic (exact) mass is 221 g/mol. The van der Waals surface area contributed by atoms with E-state index in [1.54, 1.807) is 6.07 Å². The van der Waals surface area contributed by atoms with Crippen LogP contribution in [0, 0.1) is 0 Å². The molecule has 3 N–H and O–H groups in total. The van der Waals surface area contributed by atoms with Gasteiger partial charge in [-0.1, -0.05) is 0 Å². The Bertz CT molecular complexity index is 402. The highest BCUT2D eigenvalue weighted by atomic mass is 16.5. The van der Waals surface area contributed by atoms with Crippen LogP contribution in [-0.4, -0.2) is 24.1 Å². The lowest BCUT2D eigenvalue weighted by atomic mass is 9.93. The van der Waals surface area contributed by atoms with Crippen LogP contribution in [0.5, 0.6) is 0 Å². The van der Waals surface area contributed by atoms with E-state index in [-0.39, 0.29) is 0 Å². The number of nitrogens with two attached hydrogens (primary N) is 1. The van der Waals surface area contributed by atoms with Crippen molar-refractivity contribution < 1.29 is 9.53 Å². The SMILES string of the molecule is COC(=O)c1cnc(NC2CCC2)c(N)c1. The van der Waals surface area contributed by atoms with E-state index in [9.17, 15) is 4.79 Å². The first-order valence-corrected chi connectivity index (χ1v) is 5.31. The highest BCUT2D eigenvalue weighted by Crippen LogP contribution is 2.25. The van der Waals surface area contributed by atoms with Gasteiger partial charge in [0.05, 0.1) is 18.4 Å². The molecule has 0 spiro atoms. The van der Waals surface area contributed by atoms with Crippen molar-refractivity contribution in [2.75, 3.05) is 18.2 Å². The number of aromatic nitrogens is 1. The number of esters is 1. The number of methoxy groups -OCH3 is 1. The summed E-state index contributed by atoms with van der Waals surface area (Å²) in [6.07, 6.45) is 5.03. The summed E-state index contributed by atoms with van der Waals surface area (Å²) in [6.45, 7) is 0. The van der Waals surface area contributed by atoms with E-state index >= 15 is 0 Å². The summed E-state index contributed by atoms with van der Waals surface area (Å²) in [6, 6.07) is 2.05. The average molecular weight is 221 g/mol. The van der Waals surface area contributed by atoms with Crippen molar-refractivity contribution in [3.05, 3.63) is 17.8 Å². The second-order valence-corrected chi connectivity index (χ2v) is 3.93. The topological polar surface area (TPSA) is 77.2 Å². The van der Waals surface area contributed by atoms with Crippen LogP contribution in [0.2, 0.25) is 0 Å². The minimum atomic E-state index is -0.422. The third kappa shape index (κ3) is 2.08. The zero-order valence-corrected chi connectivity index (χ0v) is 9.19. The van der Waals surface area contributed by atoms with Crippen LogP contribution in [0.25, 0.3) is 0 Å². The minimum absolute atomic E-state index is 0.374. The first-order chi connectivity index (χ1) is 7.70. The number of nitrogen functional groups attached to an aromatic ring is 1. The van der Waals surface area contributed by atoms with Crippen LogP contribution in [0.15, 0.2) is 12.3 Å². The van der Waals surface area contributed by atoms with Gasteiger partial charge in [0.2, 0.25) is 0 Å². The molecule has 0 unspecified atom stereocenters. The summed E-state index contributed by atoms with van der Waals surface area (Å²) in [7, 11) is 1.33. The van der Waals surface area contributed by atoms with Crippen LogP contribution < -0.4 is 11.1 Å². The number of anilines is 2. The van der Waals surface area contributed by atoms with Gasteiger partial charge < -0.3 is 15.8 Å².